The Morgan fingerprint density at radius 3 is 2.57 bits per heavy atom. The number of halogens is 1. The third-order valence-electron chi connectivity index (χ3n) is 4.13. The summed E-state index contributed by atoms with van der Waals surface area (Å²) < 4.78 is 17.1. The molecule has 156 valence electrons. The topological polar surface area (TPSA) is 69.7 Å². The third kappa shape index (κ3) is 5.42. The van der Waals surface area contributed by atoms with E-state index in [1.54, 1.807) is 48.8 Å². The average Bonchev–Trinajstić information content (AvgIpc) is 2.76. The van der Waals surface area contributed by atoms with Crippen molar-refractivity contribution in [1.29, 1.82) is 0 Å². The van der Waals surface area contributed by atoms with Crippen LogP contribution >= 0.6 is 11.6 Å². The maximum absolute atomic E-state index is 12.8. The van der Waals surface area contributed by atoms with Crippen LogP contribution in [0.25, 0.3) is 0 Å². The number of para-hydroxylation sites is 1. The molecule has 1 heterocycles. The fraction of sp³-hybridized carbons (Fsp3) is 0.217. The van der Waals surface area contributed by atoms with Crippen LogP contribution in [0.4, 0.5) is 5.69 Å². The van der Waals surface area contributed by atoms with E-state index < -0.39 is 0 Å². The molecule has 0 fully saturated rings. The molecule has 3 rings (SSSR count). The molecule has 1 amide bonds. The summed E-state index contributed by atoms with van der Waals surface area (Å²) in [5.41, 5.74) is 1.87. The van der Waals surface area contributed by atoms with E-state index in [1.807, 2.05) is 26.0 Å². The minimum absolute atomic E-state index is 0.307. The molecule has 0 radical (unpaired) electrons. The lowest BCUT2D eigenvalue weighted by atomic mass is 10.1. The zero-order valence-electron chi connectivity index (χ0n) is 16.9. The molecule has 0 saturated carbocycles. The Morgan fingerprint density at radius 1 is 1.00 bits per heavy atom. The second-order valence-electron chi connectivity index (χ2n) is 6.25. The minimum atomic E-state index is -0.307. The molecule has 1 aromatic heterocycles. The molecule has 7 heteroatoms. The van der Waals surface area contributed by atoms with Gasteiger partial charge < -0.3 is 19.5 Å². The van der Waals surface area contributed by atoms with E-state index in [9.17, 15) is 4.79 Å². The van der Waals surface area contributed by atoms with Gasteiger partial charge in [0.1, 0.15) is 6.61 Å². The SMILES string of the molecule is CCOc1cc(C(=O)Nc2cccc(Cl)c2OCC)ccc1OCc1cccnc1. The van der Waals surface area contributed by atoms with Crippen LogP contribution in [-0.2, 0) is 6.61 Å². The van der Waals surface area contributed by atoms with Crippen LogP contribution in [0.5, 0.6) is 17.2 Å². The monoisotopic (exact) mass is 426 g/mol. The Bertz CT molecular complexity index is 996. The maximum atomic E-state index is 12.8. The lowest BCUT2D eigenvalue weighted by molar-refractivity contribution is 0.102. The van der Waals surface area contributed by atoms with Gasteiger partial charge in [0.2, 0.25) is 0 Å². The van der Waals surface area contributed by atoms with Gasteiger partial charge in [0.05, 0.1) is 23.9 Å². The third-order valence-corrected chi connectivity index (χ3v) is 4.42. The first-order valence-corrected chi connectivity index (χ1v) is 10.0. The number of nitrogens with zero attached hydrogens (tertiary/aromatic N) is 1. The second kappa shape index (κ2) is 10.5. The highest BCUT2D eigenvalue weighted by atomic mass is 35.5. The quantitative estimate of drug-likeness (QED) is 0.498. The molecule has 1 N–H and O–H groups in total. The van der Waals surface area contributed by atoms with E-state index in [2.05, 4.69) is 10.3 Å². The summed E-state index contributed by atoms with van der Waals surface area (Å²) in [7, 11) is 0. The number of rotatable bonds is 9. The number of aromatic nitrogens is 1. The highest BCUT2D eigenvalue weighted by Gasteiger charge is 2.15. The van der Waals surface area contributed by atoms with Gasteiger partial charge in [-0.05, 0) is 50.2 Å². The van der Waals surface area contributed by atoms with Crippen molar-refractivity contribution in [2.45, 2.75) is 20.5 Å². The Hall–Kier alpha value is -3.25. The molecule has 0 aliphatic heterocycles. The second-order valence-corrected chi connectivity index (χ2v) is 6.66. The molecule has 30 heavy (non-hydrogen) atoms. The zero-order valence-corrected chi connectivity index (χ0v) is 17.6. The molecule has 2 aromatic carbocycles. The fourth-order valence-electron chi connectivity index (χ4n) is 2.77. The van der Waals surface area contributed by atoms with Crippen LogP contribution in [0, 0.1) is 0 Å². The van der Waals surface area contributed by atoms with Crippen molar-refractivity contribution in [3.05, 3.63) is 77.1 Å². The lowest BCUT2D eigenvalue weighted by Crippen LogP contribution is -2.13. The highest BCUT2D eigenvalue weighted by Crippen LogP contribution is 2.34. The standard InChI is InChI=1S/C23H23ClN2O4/c1-3-28-21-13-17(10-11-20(21)30-15-16-7-6-12-25-14-16)23(27)26-19-9-5-8-18(24)22(19)29-4-2/h5-14H,3-4,15H2,1-2H3,(H,26,27). The van der Waals surface area contributed by atoms with Crippen molar-refractivity contribution in [2.24, 2.45) is 0 Å². The number of nitrogens with one attached hydrogen (secondary N) is 1. The minimum Gasteiger partial charge on any atom is -0.490 e. The Balaban J connectivity index is 1.78. The van der Waals surface area contributed by atoms with Crippen LogP contribution in [0.2, 0.25) is 5.02 Å². The Morgan fingerprint density at radius 2 is 1.83 bits per heavy atom. The summed E-state index contributed by atoms with van der Waals surface area (Å²) in [4.78, 5) is 16.9. The van der Waals surface area contributed by atoms with Crippen LogP contribution in [0.15, 0.2) is 60.9 Å². The summed E-state index contributed by atoms with van der Waals surface area (Å²) in [6.45, 7) is 4.95. The van der Waals surface area contributed by atoms with Gasteiger partial charge in [-0.2, -0.15) is 0 Å². The normalized spacial score (nSPS) is 10.4. The van der Waals surface area contributed by atoms with Crippen molar-refractivity contribution >= 4 is 23.2 Å². The van der Waals surface area contributed by atoms with Crippen molar-refractivity contribution in [2.75, 3.05) is 18.5 Å². The largest absolute Gasteiger partial charge is 0.490 e. The number of amides is 1. The van der Waals surface area contributed by atoms with Crippen LogP contribution in [0.1, 0.15) is 29.8 Å². The lowest BCUT2D eigenvalue weighted by Gasteiger charge is -2.15. The van der Waals surface area contributed by atoms with Crippen molar-refractivity contribution in [1.82, 2.24) is 4.98 Å². The number of carbonyl (C=O) groups is 1. The van der Waals surface area contributed by atoms with Gasteiger partial charge in [0, 0.05) is 23.5 Å². The maximum Gasteiger partial charge on any atom is 0.255 e. The molecule has 0 bridgehead atoms. The summed E-state index contributed by atoms with van der Waals surface area (Å²) in [5.74, 6) is 1.18. The first-order valence-electron chi connectivity index (χ1n) is 9.63. The molecule has 0 unspecified atom stereocenters. The summed E-state index contributed by atoms with van der Waals surface area (Å²) in [6, 6.07) is 14.0. The van der Waals surface area contributed by atoms with Crippen molar-refractivity contribution < 1.29 is 19.0 Å². The van der Waals surface area contributed by atoms with E-state index in [4.69, 9.17) is 25.8 Å². The van der Waals surface area contributed by atoms with Crippen LogP contribution < -0.4 is 19.5 Å². The molecule has 6 nitrogen and oxygen atoms in total. The predicted molar refractivity (Wildman–Crippen MR) is 117 cm³/mol. The van der Waals surface area contributed by atoms with E-state index in [1.165, 1.54) is 0 Å². The first-order chi connectivity index (χ1) is 14.6. The molecule has 3 aromatic rings. The summed E-state index contributed by atoms with van der Waals surface area (Å²) in [6.07, 6.45) is 3.45. The number of benzene rings is 2. The Kier molecular flexibility index (Phi) is 7.51. The van der Waals surface area contributed by atoms with Gasteiger partial charge in [0.25, 0.3) is 5.91 Å². The molecular weight excluding hydrogens is 404 g/mol. The number of pyridine rings is 1. The van der Waals surface area contributed by atoms with Crippen LogP contribution in [-0.4, -0.2) is 24.1 Å². The van der Waals surface area contributed by atoms with Crippen LogP contribution in [0.3, 0.4) is 0 Å². The summed E-state index contributed by atoms with van der Waals surface area (Å²) >= 11 is 6.19. The molecule has 0 spiro atoms. The summed E-state index contributed by atoms with van der Waals surface area (Å²) in [5, 5.41) is 3.28. The van der Waals surface area contributed by atoms with Gasteiger partial charge in [0.15, 0.2) is 17.2 Å². The number of hydrogen-bond acceptors (Lipinski definition) is 5. The number of anilines is 1. The van der Waals surface area contributed by atoms with Crippen molar-refractivity contribution in [3.8, 4) is 17.2 Å². The van der Waals surface area contributed by atoms with E-state index in [0.29, 0.717) is 53.3 Å². The fourth-order valence-corrected chi connectivity index (χ4v) is 3.00. The number of carbonyl (C=O) groups excluding carboxylic acids is 1. The molecule has 0 saturated heterocycles. The van der Waals surface area contributed by atoms with E-state index >= 15 is 0 Å². The molecule has 0 aliphatic rings. The van der Waals surface area contributed by atoms with Gasteiger partial charge >= 0.3 is 0 Å². The molecular formula is C23H23ClN2O4. The Labute approximate surface area is 180 Å². The molecule has 0 aliphatic carbocycles. The van der Waals surface area contributed by atoms with Gasteiger partial charge in [-0.1, -0.05) is 23.7 Å². The number of hydrogen-bond donors (Lipinski definition) is 1. The van der Waals surface area contributed by atoms with Gasteiger partial charge in [-0.15, -0.1) is 0 Å². The zero-order chi connectivity index (χ0) is 21.3. The molecule has 0 atom stereocenters. The smallest absolute Gasteiger partial charge is 0.255 e. The van der Waals surface area contributed by atoms with Gasteiger partial charge in [-0.25, -0.2) is 0 Å². The predicted octanol–water partition coefficient (Wildman–Crippen LogP) is 5.36. The first kappa shape index (κ1) is 21.5. The number of ether oxygens (including phenoxy) is 3. The average molecular weight is 427 g/mol. The van der Waals surface area contributed by atoms with Gasteiger partial charge in [-0.3, -0.25) is 9.78 Å². The van der Waals surface area contributed by atoms with Crippen molar-refractivity contribution in [3.63, 3.8) is 0 Å². The highest BCUT2D eigenvalue weighted by molar-refractivity contribution is 6.32. The van der Waals surface area contributed by atoms with E-state index in [-0.39, 0.29) is 5.91 Å². The van der Waals surface area contributed by atoms with E-state index in [0.717, 1.165) is 5.56 Å².